The van der Waals surface area contributed by atoms with Crippen molar-refractivity contribution in [2.75, 3.05) is 13.1 Å². The Bertz CT molecular complexity index is 750. The lowest BCUT2D eigenvalue weighted by Gasteiger charge is -2.41. The molecule has 0 radical (unpaired) electrons. The number of piperidine rings is 1. The van der Waals surface area contributed by atoms with Crippen LogP contribution in [0.15, 0.2) is 48.5 Å². The molecule has 5 heteroatoms. The third-order valence-electron chi connectivity index (χ3n) is 5.54. The first-order chi connectivity index (χ1) is 13.1. The first kappa shape index (κ1) is 20.9. The summed E-state index contributed by atoms with van der Waals surface area (Å²) in [6, 6.07) is 13.9. The number of alkyl halides is 3. The molecule has 0 spiro atoms. The fraction of sp³-hybridized carbons (Fsp3) is 0.478. The molecule has 1 aliphatic rings. The Morgan fingerprint density at radius 1 is 0.857 bits per heavy atom. The van der Waals surface area contributed by atoms with E-state index in [1.165, 1.54) is 17.7 Å². The van der Waals surface area contributed by atoms with Gasteiger partial charge in [0, 0.05) is 31.2 Å². The third kappa shape index (κ3) is 5.36. The van der Waals surface area contributed by atoms with Gasteiger partial charge in [0.15, 0.2) is 0 Å². The molecule has 1 saturated heterocycles. The molecule has 0 amide bonds. The van der Waals surface area contributed by atoms with Crippen molar-refractivity contribution >= 4 is 0 Å². The molecule has 1 heterocycles. The van der Waals surface area contributed by atoms with Gasteiger partial charge in [-0.05, 0) is 62.4 Å². The van der Waals surface area contributed by atoms with E-state index in [-0.39, 0.29) is 5.54 Å². The Kier molecular flexibility index (Phi) is 6.15. The molecule has 0 bridgehead atoms. The predicted octanol–water partition coefficient (Wildman–Crippen LogP) is 5.72. The average molecular weight is 390 g/mol. The van der Waals surface area contributed by atoms with Crippen molar-refractivity contribution in [3.05, 3.63) is 59.7 Å². The summed E-state index contributed by atoms with van der Waals surface area (Å²) in [4.78, 5) is 2.53. The number of halogens is 3. The summed E-state index contributed by atoms with van der Waals surface area (Å²) in [5.74, 6) is 0. The molecule has 28 heavy (non-hydrogen) atoms. The topological polar surface area (TPSA) is 15.3 Å². The molecule has 1 aliphatic heterocycles. The predicted molar refractivity (Wildman–Crippen MR) is 108 cm³/mol. The van der Waals surface area contributed by atoms with Crippen molar-refractivity contribution in [2.24, 2.45) is 0 Å². The van der Waals surface area contributed by atoms with E-state index in [2.05, 4.69) is 31.0 Å². The van der Waals surface area contributed by atoms with Gasteiger partial charge in [-0.2, -0.15) is 13.2 Å². The van der Waals surface area contributed by atoms with Gasteiger partial charge in [-0.25, -0.2) is 0 Å². The van der Waals surface area contributed by atoms with Crippen LogP contribution in [0, 0.1) is 0 Å². The Morgan fingerprint density at radius 3 is 1.82 bits per heavy atom. The van der Waals surface area contributed by atoms with E-state index >= 15 is 0 Å². The summed E-state index contributed by atoms with van der Waals surface area (Å²) in [5.41, 5.74) is 2.53. The zero-order chi connectivity index (χ0) is 20.4. The number of hydrogen-bond donors (Lipinski definition) is 1. The highest BCUT2D eigenvalue weighted by molar-refractivity contribution is 5.64. The smallest absolute Gasteiger partial charge is 0.310 e. The van der Waals surface area contributed by atoms with Crippen molar-refractivity contribution in [1.29, 1.82) is 0 Å². The van der Waals surface area contributed by atoms with Gasteiger partial charge in [0.25, 0.3) is 0 Å². The van der Waals surface area contributed by atoms with Crippen LogP contribution in [0.2, 0.25) is 0 Å². The normalized spacial score (nSPS) is 17.1. The molecule has 1 N–H and O–H groups in total. The van der Waals surface area contributed by atoms with Crippen LogP contribution in [0.25, 0.3) is 11.1 Å². The van der Waals surface area contributed by atoms with Gasteiger partial charge in [0.2, 0.25) is 0 Å². The molecule has 0 aliphatic carbocycles. The van der Waals surface area contributed by atoms with E-state index in [9.17, 15) is 13.2 Å². The SMILES string of the molecule is CC(C)(C)N1CCC(NCc2ccc(-c3ccc(C(F)(F)F)cc3)cc2)CC1. The van der Waals surface area contributed by atoms with E-state index in [4.69, 9.17) is 0 Å². The van der Waals surface area contributed by atoms with Crippen LogP contribution in [0.5, 0.6) is 0 Å². The van der Waals surface area contributed by atoms with E-state index < -0.39 is 11.7 Å². The maximum atomic E-state index is 12.7. The van der Waals surface area contributed by atoms with Gasteiger partial charge in [-0.1, -0.05) is 36.4 Å². The summed E-state index contributed by atoms with van der Waals surface area (Å²) in [6.07, 6.45) is -1.99. The first-order valence-corrected chi connectivity index (χ1v) is 9.88. The van der Waals surface area contributed by atoms with Crippen molar-refractivity contribution in [3.63, 3.8) is 0 Å². The molecule has 2 aromatic carbocycles. The zero-order valence-corrected chi connectivity index (χ0v) is 16.8. The van der Waals surface area contributed by atoms with E-state index in [0.29, 0.717) is 6.04 Å². The summed E-state index contributed by atoms with van der Waals surface area (Å²) in [6.45, 7) is 9.84. The Labute approximate surface area is 165 Å². The number of nitrogens with zero attached hydrogens (tertiary/aromatic N) is 1. The fourth-order valence-electron chi connectivity index (χ4n) is 3.68. The van der Waals surface area contributed by atoms with Crippen molar-refractivity contribution < 1.29 is 13.2 Å². The molecular weight excluding hydrogens is 361 g/mol. The van der Waals surface area contributed by atoms with E-state index in [0.717, 1.165) is 55.7 Å². The summed E-state index contributed by atoms with van der Waals surface area (Å²) < 4.78 is 38.0. The highest BCUT2D eigenvalue weighted by Crippen LogP contribution is 2.31. The molecule has 0 unspecified atom stereocenters. The van der Waals surface area contributed by atoms with Gasteiger partial charge in [0.05, 0.1) is 5.56 Å². The van der Waals surface area contributed by atoms with Crippen LogP contribution in [0.1, 0.15) is 44.7 Å². The van der Waals surface area contributed by atoms with Crippen LogP contribution < -0.4 is 5.32 Å². The molecule has 152 valence electrons. The van der Waals surface area contributed by atoms with Gasteiger partial charge >= 0.3 is 6.18 Å². The Balaban J connectivity index is 1.53. The second-order valence-corrected chi connectivity index (χ2v) is 8.59. The van der Waals surface area contributed by atoms with Crippen LogP contribution in [0.3, 0.4) is 0 Å². The number of benzene rings is 2. The van der Waals surface area contributed by atoms with Crippen molar-refractivity contribution in [1.82, 2.24) is 10.2 Å². The molecule has 0 atom stereocenters. The molecule has 1 fully saturated rings. The zero-order valence-electron chi connectivity index (χ0n) is 16.8. The molecule has 2 nitrogen and oxygen atoms in total. The Hall–Kier alpha value is -1.85. The lowest BCUT2D eigenvalue weighted by Crippen LogP contribution is -2.49. The molecule has 0 saturated carbocycles. The lowest BCUT2D eigenvalue weighted by atomic mass is 9.98. The molecule has 3 rings (SSSR count). The van der Waals surface area contributed by atoms with Gasteiger partial charge in [-0.15, -0.1) is 0 Å². The maximum Gasteiger partial charge on any atom is 0.416 e. The van der Waals surface area contributed by atoms with Crippen molar-refractivity contribution in [3.8, 4) is 11.1 Å². The minimum Gasteiger partial charge on any atom is -0.310 e. The molecular formula is C23H29F3N2. The minimum absolute atomic E-state index is 0.235. The summed E-state index contributed by atoms with van der Waals surface area (Å²) in [5, 5.41) is 3.64. The van der Waals surface area contributed by atoms with Gasteiger partial charge < -0.3 is 5.32 Å². The van der Waals surface area contributed by atoms with E-state index in [1.54, 1.807) is 0 Å². The standard InChI is InChI=1S/C23H29F3N2/c1-22(2,3)28-14-12-21(13-15-28)27-16-17-4-6-18(7-5-17)19-8-10-20(11-9-19)23(24,25)26/h4-11,21,27H,12-16H2,1-3H3. The number of nitrogens with one attached hydrogen (secondary N) is 1. The lowest BCUT2D eigenvalue weighted by molar-refractivity contribution is -0.137. The summed E-state index contributed by atoms with van der Waals surface area (Å²) in [7, 11) is 0. The second kappa shape index (κ2) is 8.26. The van der Waals surface area contributed by atoms with Gasteiger partial charge in [0.1, 0.15) is 0 Å². The number of hydrogen-bond acceptors (Lipinski definition) is 2. The average Bonchev–Trinajstić information content (AvgIpc) is 2.66. The third-order valence-corrected chi connectivity index (χ3v) is 5.54. The fourth-order valence-corrected chi connectivity index (χ4v) is 3.68. The number of rotatable bonds is 4. The van der Waals surface area contributed by atoms with Crippen LogP contribution in [-0.2, 0) is 12.7 Å². The first-order valence-electron chi connectivity index (χ1n) is 9.88. The highest BCUT2D eigenvalue weighted by atomic mass is 19.4. The van der Waals surface area contributed by atoms with Crippen LogP contribution in [-0.4, -0.2) is 29.6 Å². The second-order valence-electron chi connectivity index (χ2n) is 8.59. The quantitative estimate of drug-likeness (QED) is 0.718. The van der Waals surface area contributed by atoms with Crippen LogP contribution in [0.4, 0.5) is 13.2 Å². The summed E-state index contributed by atoms with van der Waals surface area (Å²) >= 11 is 0. The molecule has 0 aromatic heterocycles. The van der Waals surface area contributed by atoms with Crippen molar-refractivity contribution in [2.45, 2.75) is 57.9 Å². The highest BCUT2D eigenvalue weighted by Gasteiger charge is 2.30. The van der Waals surface area contributed by atoms with Gasteiger partial charge in [-0.3, -0.25) is 4.90 Å². The number of likely N-dealkylation sites (tertiary alicyclic amines) is 1. The minimum atomic E-state index is -4.29. The van der Waals surface area contributed by atoms with E-state index in [1.807, 2.05) is 24.3 Å². The molecule has 2 aromatic rings. The monoisotopic (exact) mass is 390 g/mol. The largest absolute Gasteiger partial charge is 0.416 e. The maximum absolute atomic E-state index is 12.7. The Morgan fingerprint density at radius 2 is 1.36 bits per heavy atom. The van der Waals surface area contributed by atoms with Crippen LogP contribution >= 0.6 is 0 Å².